The van der Waals surface area contributed by atoms with E-state index >= 15 is 0 Å². The second kappa shape index (κ2) is 6.48. The van der Waals surface area contributed by atoms with Gasteiger partial charge < -0.3 is 4.74 Å². The van der Waals surface area contributed by atoms with Crippen molar-refractivity contribution in [2.45, 2.75) is 6.42 Å². The van der Waals surface area contributed by atoms with E-state index < -0.39 is 5.97 Å². The van der Waals surface area contributed by atoms with E-state index in [2.05, 4.69) is 12.2 Å². The molecule has 1 aliphatic heterocycles. The molecular formula is C25H19NO5. The summed E-state index contributed by atoms with van der Waals surface area (Å²) in [6, 6.07) is 12.8. The fourth-order valence-corrected chi connectivity index (χ4v) is 5.81. The summed E-state index contributed by atoms with van der Waals surface area (Å²) in [7, 11) is 0. The molecule has 2 saturated carbocycles. The number of aldehydes is 1. The van der Waals surface area contributed by atoms with Gasteiger partial charge in [-0.1, -0.05) is 30.4 Å². The third-order valence-electron chi connectivity index (χ3n) is 7.25. The Morgan fingerprint density at radius 2 is 1.61 bits per heavy atom. The highest BCUT2D eigenvalue weighted by Crippen LogP contribution is 2.65. The minimum absolute atomic E-state index is 0.148. The first kappa shape index (κ1) is 18.2. The van der Waals surface area contributed by atoms with Gasteiger partial charge in [-0.15, -0.1) is 0 Å². The van der Waals surface area contributed by atoms with Gasteiger partial charge >= 0.3 is 5.97 Å². The minimum Gasteiger partial charge on any atom is -0.422 e. The van der Waals surface area contributed by atoms with Gasteiger partial charge in [0.25, 0.3) is 0 Å². The summed E-state index contributed by atoms with van der Waals surface area (Å²) < 4.78 is 5.38. The number of allylic oxidation sites excluding steroid dienone is 2. The van der Waals surface area contributed by atoms with Gasteiger partial charge in [0.2, 0.25) is 11.8 Å². The number of para-hydroxylation sites is 1. The standard InChI is InChI=1S/C25H19NO5/c27-12-14-4-1-2-7-20(14)31-25(30)13-5-3-6-15(10-13)26-23(28)21-16-8-9-17(19-11-18(16)19)22(21)24(26)29/h1-10,12,16-19,21-22H,11H2/t16-,17-,18-,19-,21-,22+/m0/s1. The fraction of sp³-hybridized carbons (Fsp3) is 0.280. The largest absolute Gasteiger partial charge is 0.422 e. The van der Waals surface area contributed by atoms with Crippen molar-refractivity contribution >= 4 is 29.8 Å². The van der Waals surface area contributed by atoms with Gasteiger partial charge in [-0.05, 0) is 60.4 Å². The molecule has 0 unspecified atom stereocenters. The van der Waals surface area contributed by atoms with Crippen LogP contribution in [0.1, 0.15) is 27.1 Å². The van der Waals surface area contributed by atoms with Crippen molar-refractivity contribution in [3.63, 3.8) is 0 Å². The first-order valence-electron chi connectivity index (χ1n) is 10.5. The molecule has 2 bridgehead atoms. The maximum absolute atomic E-state index is 13.3. The quantitative estimate of drug-likeness (QED) is 0.253. The molecule has 6 heteroatoms. The Hall–Kier alpha value is -3.54. The van der Waals surface area contributed by atoms with Crippen LogP contribution in [0.4, 0.5) is 5.69 Å². The first-order valence-corrected chi connectivity index (χ1v) is 10.5. The van der Waals surface area contributed by atoms with Crippen molar-refractivity contribution in [3.8, 4) is 5.75 Å². The van der Waals surface area contributed by atoms with Crippen LogP contribution in [0.2, 0.25) is 0 Å². The average Bonchev–Trinajstić information content (AvgIpc) is 3.57. The molecule has 4 aliphatic carbocycles. The number of ether oxygens (including phenoxy) is 1. The predicted octanol–water partition coefficient (Wildman–Crippen LogP) is 3.28. The van der Waals surface area contributed by atoms with Crippen molar-refractivity contribution in [2.75, 3.05) is 4.90 Å². The maximum atomic E-state index is 13.3. The van der Waals surface area contributed by atoms with Crippen LogP contribution in [-0.2, 0) is 9.59 Å². The van der Waals surface area contributed by atoms with Crippen LogP contribution < -0.4 is 9.64 Å². The molecule has 0 spiro atoms. The summed E-state index contributed by atoms with van der Waals surface area (Å²) in [6.07, 6.45) is 5.99. The van der Waals surface area contributed by atoms with Gasteiger partial charge in [0, 0.05) is 0 Å². The maximum Gasteiger partial charge on any atom is 0.343 e. The molecule has 0 N–H and O–H groups in total. The molecule has 3 fully saturated rings. The van der Waals surface area contributed by atoms with Gasteiger partial charge in [0.1, 0.15) is 5.75 Å². The Morgan fingerprint density at radius 1 is 0.935 bits per heavy atom. The predicted molar refractivity (Wildman–Crippen MR) is 110 cm³/mol. The number of imide groups is 1. The van der Waals surface area contributed by atoms with Crippen molar-refractivity contribution in [2.24, 2.45) is 35.5 Å². The van der Waals surface area contributed by atoms with E-state index in [-0.39, 0.29) is 52.4 Å². The van der Waals surface area contributed by atoms with E-state index in [1.165, 1.54) is 17.0 Å². The summed E-state index contributed by atoms with van der Waals surface area (Å²) in [5.74, 6) is -0.0522. The Balaban J connectivity index is 1.29. The lowest BCUT2D eigenvalue weighted by Gasteiger charge is -2.37. The van der Waals surface area contributed by atoms with Gasteiger partial charge in [0.05, 0.1) is 28.7 Å². The normalized spacial score (nSPS) is 31.9. The Labute approximate surface area is 178 Å². The van der Waals surface area contributed by atoms with E-state index in [0.717, 1.165) is 6.42 Å². The van der Waals surface area contributed by atoms with Crippen molar-refractivity contribution in [1.29, 1.82) is 0 Å². The second-order valence-electron chi connectivity index (χ2n) is 8.76. The molecule has 31 heavy (non-hydrogen) atoms. The SMILES string of the molecule is O=Cc1ccccc1OC(=O)c1cccc(N2C(=O)[C@@H]3[C@H]4C=C[C@@H]([C@@H]5C[C@@H]45)[C@@H]3C2=O)c1. The molecule has 6 atom stereocenters. The van der Waals surface area contributed by atoms with Crippen LogP contribution in [0.5, 0.6) is 5.75 Å². The number of nitrogens with zero attached hydrogens (tertiary/aromatic N) is 1. The van der Waals surface area contributed by atoms with E-state index in [9.17, 15) is 19.2 Å². The number of amides is 2. The first-order chi connectivity index (χ1) is 15.1. The smallest absolute Gasteiger partial charge is 0.343 e. The molecule has 1 heterocycles. The molecule has 6 nitrogen and oxygen atoms in total. The second-order valence-corrected chi connectivity index (χ2v) is 8.76. The number of hydrogen-bond acceptors (Lipinski definition) is 5. The highest BCUT2D eigenvalue weighted by Gasteiger charge is 2.67. The number of rotatable bonds is 4. The van der Waals surface area contributed by atoms with Crippen LogP contribution in [0.15, 0.2) is 60.7 Å². The number of anilines is 1. The third kappa shape index (κ3) is 2.57. The summed E-state index contributed by atoms with van der Waals surface area (Å²) in [4.78, 5) is 51.7. The number of carbonyl (C=O) groups is 4. The number of carbonyl (C=O) groups excluding carboxylic acids is 4. The van der Waals surface area contributed by atoms with E-state index in [4.69, 9.17) is 4.74 Å². The molecular weight excluding hydrogens is 394 g/mol. The number of hydrogen-bond donors (Lipinski definition) is 0. The highest BCUT2D eigenvalue weighted by molar-refractivity contribution is 6.23. The molecule has 2 aromatic carbocycles. The zero-order chi connectivity index (χ0) is 21.3. The van der Waals surface area contributed by atoms with Crippen molar-refractivity contribution < 1.29 is 23.9 Å². The third-order valence-corrected chi connectivity index (χ3v) is 7.25. The Kier molecular flexibility index (Phi) is 3.81. The van der Waals surface area contributed by atoms with Crippen LogP contribution in [-0.4, -0.2) is 24.1 Å². The molecule has 2 aromatic rings. The van der Waals surface area contributed by atoms with Gasteiger partial charge in [-0.3, -0.25) is 14.4 Å². The summed E-state index contributed by atoms with van der Waals surface area (Å²) >= 11 is 0. The molecule has 0 radical (unpaired) electrons. The van der Waals surface area contributed by atoms with Gasteiger partial charge in [0.15, 0.2) is 6.29 Å². The topological polar surface area (TPSA) is 80.8 Å². The number of benzene rings is 2. The molecule has 1 saturated heterocycles. The van der Waals surface area contributed by atoms with Crippen molar-refractivity contribution in [3.05, 3.63) is 71.8 Å². The van der Waals surface area contributed by atoms with Crippen LogP contribution in [0, 0.1) is 35.5 Å². The summed E-state index contributed by atoms with van der Waals surface area (Å²) in [5, 5.41) is 0. The van der Waals surface area contributed by atoms with Gasteiger partial charge in [-0.2, -0.15) is 0 Å². The highest BCUT2D eigenvalue weighted by atomic mass is 16.5. The lowest BCUT2D eigenvalue weighted by Crippen LogP contribution is -2.40. The van der Waals surface area contributed by atoms with Crippen LogP contribution in [0.25, 0.3) is 0 Å². The lowest BCUT2D eigenvalue weighted by atomic mass is 9.63. The fourth-order valence-electron chi connectivity index (χ4n) is 5.81. The van der Waals surface area contributed by atoms with Crippen LogP contribution in [0.3, 0.4) is 0 Å². The monoisotopic (exact) mass is 413 g/mol. The lowest BCUT2D eigenvalue weighted by molar-refractivity contribution is -0.124. The van der Waals surface area contributed by atoms with Gasteiger partial charge in [-0.25, -0.2) is 9.69 Å². The van der Waals surface area contributed by atoms with E-state index in [0.29, 0.717) is 23.8 Å². The Bertz CT molecular complexity index is 1150. The van der Waals surface area contributed by atoms with Crippen LogP contribution >= 0.6 is 0 Å². The summed E-state index contributed by atoms with van der Waals surface area (Å²) in [5.41, 5.74) is 0.857. The molecule has 2 amide bonds. The average molecular weight is 413 g/mol. The molecule has 5 aliphatic rings. The number of esters is 1. The molecule has 154 valence electrons. The zero-order valence-corrected chi connectivity index (χ0v) is 16.5. The zero-order valence-electron chi connectivity index (χ0n) is 16.5. The van der Waals surface area contributed by atoms with E-state index in [1.807, 2.05) is 0 Å². The summed E-state index contributed by atoms with van der Waals surface area (Å²) in [6.45, 7) is 0. The molecule has 0 aromatic heterocycles. The Morgan fingerprint density at radius 3 is 2.29 bits per heavy atom. The van der Waals surface area contributed by atoms with E-state index in [1.54, 1.807) is 36.4 Å². The molecule has 7 rings (SSSR count). The van der Waals surface area contributed by atoms with Crippen molar-refractivity contribution in [1.82, 2.24) is 0 Å². The minimum atomic E-state index is -0.657.